The van der Waals surface area contributed by atoms with Gasteiger partial charge in [-0.15, -0.1) is 0 Å². The van der Waals surface area contributed by atoms with Crippen LogP contribution in [0.4, 0.5) is 50.4 Å². The van der Waals surface area contributed by atoms with Gasteiger partial charge in [-0.3, -0.25) is 24.9 Å². The highest BCUT2D eigenvalue weighted by Gasteiger charge is 2.58. The first-order valence-electron chi connectivity index (χ1n) is 25.3. The molecule has 3 aliphatic heterocycles. The average molecular weight is 1120 g/mol. The summed E-state index contributed by atoms with van der Waals surface area (Å²) >= 11 is 0. The number of aromatic nitrogens is 1. The quantitative estimate of drug-likeness (QED) is 0.0390. The van der Waals surface area contributed by atoms with Gasteiger partial charge in [0.05, 0.1) is 49.6 Å². The number of nitrogens with zero attached hydrogens (tertiary/aromatic N) is 4. The van der Waals surface area contributed by atoms with Crippen molar-refractivity contribution in [1.82, 2.24) is 36.3 Å². The SMILES string of the molecule is CNC(=O)O[C@H](C(=O)NN(Cc1c(F)cc(-c2ccccn2)cc1F)C[C@H](O)[C@H](Cc1ccc(C#Cc2ccc(N3C[C@@H]4CC[C@@H](C3)N4C3COC3)cc2)cc1)NC(=O)[C@@H](NC(=O)OC)C(C)(C)C(F)(F)F)C(C)(C)C(F)(F)F. The molecule has 5 N–H and O–H groups in total. The molecule has 4 aromatic rings. The number of methoxy groups -OCH3 is 1. The highest BCUT2D eigenvalue weighted by atomic mass is 19.4. The standard InChI is InChI=1S/C55H62F8N8O8/c1-52(2,54(58,59)60)46(67-51(76)77-6)48(73)66-44(23-34-14-12-32(13-15-34)10-11-33-16-18-36(19-17-33)69-26-37-20-21-38(27-69)71(37)39-30-78-31-39)45(72)29-70(68-49(74)47(79-50(75)64-5)53(3,4)55(61,62)63)28-40-41(56)24-35(25-42(40)57)43-9-7-8-22-65-43/h7-9,12-19,22,24-25,37-39,44-47,72H,20-21,23,26-31H2,1-6H3,(H,64,75)(H,66,73)(H,67,76)(H,68,74)/t37-,38-,44-,45-,46+,47+/m0/s1. The molecule has 0 spiro atoms. The lowest BCUT2D eigenvalue weighted by atomic mass is 9.82. The molecule has 7 rings (SSSR count). The number of fused-ring (bicyclic) bond motifs is 2. The molecule has 24 heteroatoms. The Morgan fingerprint density at radius 1 is 0.797 bits per heavy atom. The predicted octanol–water partition coefficient (Wildman–Crippen LogP) is 7.03. The van der Waals surface area contributed by atoms with Crippen LogP contribution in [0.3, 0.4) is 0 Å². The van der Waals surface area contributed by atoms with Crippen LogP contribution in [0.1, 0.15) is 62.8 Å². The predicted molar refractivity (Wildman–Crippen MR) is 272 cm³/mol. The highest BCUT2D eigenvalue weighted by Crippen LogP contribution is 2.43. The number of hydrogen-bond acceptors (Lipinski definition) is 12. The first kappa shape index (κ1) is 59.6. The molecule has 16 nitrogen and oxygen atoms in total. The molecule has 3 fully saturated rings. The minimum atomic E-state index is -5.21. The van der Waals surface area contributed by atoms with Gasteiger partial charge < -0.3 is 40.2 Å². The molecule has 426 valence electrons. The lowest BCUT2D eigenvalue weighted by Crippen LogP contribution is -2.62. The Hall–Kier alpha value is -7.07. The Labute approximate surface area is 451 Å². The van der Waals surface area contributed by atoms with Crippen molar-refractivity contribution in [3.63, 3.8) is 0 Å². The fraction of sp³-hybridized carbons (Fsp3) is 0.473. The number of aliphatic hydroxyl groups is 1. The molecule has 3 aliphatic rings. The Morgan fingerprint density at radius 2 is 1.38 bits per heavy atom. The molecule has 0 unspecified atom stereocenters. The maximum absolute atomic E-state index is 16.0. The Morgan fingerprint density at radius 3 is 1.89 bits per heavy atom. The Kier molecular flexibility index (Phi) is 18.5. The second-order valence-corrected chi connectivity index (χ2v) is 20.8. The zero-order chi connectivity index (χ0) is 57.6. The number of carbonyl (C=O) groups is 4. The molecule has 6 atom stereocenters. The summed E-state index contributed by atoms with van der Waals surface area (Å²) in [4.78, 5) is 62.0. The van der Waals surface area contributed by atoms with Crippen LogP contribution in [0.15, 0.2) is 85.1 Å². The van der Waals surface area contributed by atoms with Crippen molar-refractivity contribution >= 4 is 29.7 Å². The largest absolute Gasteiger partial charge is 0.453 e. The van der Waals surface area contributed by atoms with E-state index in [2.05, 4.69) is 42.1 Å². The molecule has 2 bridgehead atoms. The van der Waals surface area contributed by atoms with Crippen LogP contribution in [-0.2, 0) is 36.8 Å². The van der Waals surface area contributed by atoms with Gasteiger partial charge in [0.2, 0.25) is 5.91 Å². The van der Waals surface area contributed by atoms with Crippen molar-refractivity contribution in [3.05, 3.63) is 119 Å². The van der Waals surface area contributed by atoms with Crippen molar-refractivity contribution in [3.8, 4) is 23.1 Å². The summed E-state index contributed by atoms with van der Waals surface area (Å²) < 4.78 is 134. The fourth-order valence-electron chi connectivity index (χ4n) is 9.67. The number of pyridine rings is 1. The number of aliphatic hydroxyl groups excluding tert-OH is 1. The van der Waals surface area contributed by atoms with Crippen molar-refractivity contribution in [2.24, 2.45) is 10.8 Å². The number of hydrazine groups is 1. The van der Waals surface area contributed by atoms with Crippen molar-refractivity contribution in [2.45, 2.75) is 108 Å². The summed E-state index contributed by atoms with van der Waals surface area (Å²) in [6.07, 6.45) is -14.8. The number of alkyl halides is 6. The number of nitrogens with one attached hydrogen (secondary N) is 4. The number of amides is 4. The van der Waals surface area contributed by atoms with E-state index in [1.54, 1.807) is 36.4 Å². The van der Waals surface area contributed by atoms with Crippen LogP contribution in [-0.4, -0.2) is 146 Å². The number of benzene rings is 3. The number of ether oxygens (including phenoxy) is 3. The summed E-state index contributed by atoms with van der Waals surface area (Å²) in [6, 6.07) is 17.8. The van der Waals surface area contributed by atoms with E-state index in [0.717, 1.165) is 76.7 Å². The monoisotopic (exact) mass is 1110 g/mol. The van der Waals surface area contributed by atoms with Crippen LogP contribution < -0.4 is 26.3 Å². The van der Waals surface area contributed by atoms with Crippen molar-refractivity contribution in [1.29, 1.82) is 0 Å². The van der Waals surface area contributed by atoms with E-state index in [-0.39, 0.29) is 11.3 Å². The van der Waals surface area contributed by atoms with E-state index >= 15 is 8.78 Å². The Balaban J connectivity index is 1.17. The first-order valence-corrected chi connectivity index (χ1v) is 25.3. The number of hydrogen-bond donors (Lipinski definition) is 5. The zero-order valence-electron chi connectivity index (χ0n) is 44.1. The van der Waals surface area contributed by atoms with Gasteiger partial charge in [-0.25, -0.2) is 23.4 Å². The molecule has 0 saturated carbocycles. The molecule has 3 saturated heterocycles. The lowest BCUT2D eigenvalue weighted by molar-refractivity contribution is -0.239. The second-order valence-electron chi connectivity index (χ2n) is 20.8. The molecule has 0 radical (unpaired) electrons. The Bertz CT molecular complexity index is 2830. The molecular formula is C55H62F8N8O8. The van der Waals surface area contributed by atoms with Crippen LogP contribution in [0.25, 0.3) is 11.3 Å². The summed E-state index contributed by atoms with van der Waals surface area (Å²) in [6.45, 7) is 3.66. The van der Waals surface area contributed by atoms with E-state index in [1.165, 1.54) is 12.3 Å². The fourth-order valence-corrected chi connectivity index (χ4v) is 9.67. The number of halogens is 8. The van der Waals surface area contributed by atoms with Gasteiger partial charge in [-0.05, 0) is 113 Å². The number of carbonyl (C=O) groups excluding carboxylic acids is 4. The van der Waals surface area contributed by atoms with Gasteiger partial charge in [-0.2, -0.15) is 26.3 Å². The highest BCUT2D eigenvalue weighted by molar-refractivity contribution is 5.87. The number of anilines is 1. The number of alkyl carbamates (subject to hydrolysis) is 2. The normalized spacial score (nSPS) is 18.5. The third-order valence-electron chi connectivity index (χ3n) is 14.7. The second kappa shape index (κ2) is 24.5. The van der Waals surface area contributed by atoms with Gasteiger partial charge in [-0.1, -0.05) is 30.0 Å². The van der Waals surface area contributed by atoms with Crippen LogP contribution in [0.2, 0.25) is 0 Å². The zero-order valence-corrected chi connectivity index (χ0v) is 44.1. The molecule has 4 heterocycles. The molecule has 4 amide bonds. The number of rotatable bonds is 18. The topological polar surface area (TPSA) is 187 Å². The van der Waals surface area contributed by atoms with E-state index in [1.807, 2.05) is 34.9 Å². The maximum atomic E-state index is 16.0. The third kappa shape index (κ3) is 14.0. The summed E-state index contributed by atoms with van der Waals surface area (Å²) in [5.41, 5.74) is -2.08. The molecule has 1 aromatic heterocycles. The summed E-state index contributed by atoms with van der Waals surface area (Å²) in [7, 11) is 1.86. The molecule has 3 aromatic carbocycles. The van der Waals surface area contributed by atoms with Crippen molar-refractivity contribution in [2.75, 3.05) is 51.9 Å². The van der Waals surface area contributed by atoms with Crippen LogP contribution >= 0.6 is 0 Å². The van der Waals surface area contributed by atoms with Crippen LogP contribution in [0.5, 0.6) is 0 Å². The van der Waals surface area contributed by atoms with Gasteiger partial charge in [0.25, 0.3) is 5.91 Å². The molecular weight excluding hydrogens is 1050 g/mol. The minimum absolute atomic E-state index is 0.0294. The molecule has 0 aliphatic carbocycles. The summed E-state index contributed by atoms with van der Waals surface area (Å²) in [5, 5.41) is 18.9. The van der Waals surface area contributed by atoms with E-state index in [0.29, 0.717) is 62.0 Å². The van der Waals surface area contributed by atoms with Crippen molar-refractivity contribution < 1.29 is 73.6 Å². The lowest BCUT2D eigenvalue weighted by Gasteiger charge is -2.48. The third-order valence-corrected chi connectivity index (χ3v) is 14.7. The van der Waals surface area contributed by atoms with Gasteiger partial charge >= 0.3 is 24.5 Å². The van der Waals surface area contributed by atoms with Gasteiger partial charge in [0.1, 0.15) is 23.1 Å². The van der Waals surface area contributed by atoms with Crippen LogP contribution in [0, 0.1) is 34.3 Å². The number of piperazine rings is 1. The summed E-state index contributed by atoms with van der Waals surface area (Å²) in [5.74, 6) is 0.537. The van der Waals surface area contributed by atoms with E-state index in [4.69, 9.17) is 9.47 Å². The first-order chi connectivity index (χ1) is 37.2. The maximum Gasteiger partial charge on any atom is 0.407 e. The van der Waals surface area contributed by atoms with E-state index < -0.39 is 108 Å². The van der Waals surface area contributed by atoms with Gasteiger partial charge in [0.15, 0.2) is 6.10 Å². The van der Waals surface area contributed by atoms with E-state index in [9.17, 15) is 50.6 Å². The smallest absolute Gasteiger partial charge is 0.407 e. The van der Waals surface area contributed by atoms with Gasteiger partial charge in [0, 0.05) is 79.4 Å². The minimum Gasteiger partial charge on any atom is -0.453 e. The molecule has 79 heavy (non-hydrogen) atoms. The average Bonchev–Trinajstić information content (AvgIpc) is 3.81.